The van der Waals surface area contributed by atoms with Crippen LogP contribution in [-0.2, 0) is 14.3 Å². The van der Waals surface area contributed by atoms with Crippen LogP contribution in [0.5, 0.6) is 0 Å². The summed E-state index contributed by atoms with van der Waals surface area (Å²) >= 11 is 0. The molecule has 72 heavy (non-hydrogen) atoms. The van der Waals surface area contributed by atoms with E-state index in [1.807, 2.05) is 0 Å². The molecule has 0 saturated heterocycles. The van der Waals surface area contributed by atoms with Gasteiger partial charge in [-0.25, -0.2) is 0 Å². The standard InChI is InChI=1S/C66H127NO5/c1-3-5-7-9-11-13-15-17-19-21-23-24-25-26-27-28-29-30-32-34-38-42-46-50-54-58-64(69)63(62-68)67-65(70)59-55-51-47-43-39-36-37-41-45-49-53-57-61-72-66(71)60-56-52-48-44-40-35-33-31-22-20-18-16-14-12-10-8-6-4-2/h20,22,37,41,63-64,68-69H,3-19,21,23-36,38-40,42-62H2,1-2H3,(H,67,70)/b22-20-,41-37-. The Morgan fingerprint density at radius 3 is 0.986 bits per heavy atom. The molecule has 426 valence electrons. The quantitative estimate of drug-likeness (QED) is 0.0320. The number of hydrogen-bond acceptors (Lipinski definition) is 5. The van der Waals surface area contributed by atoms with Crippen LogP contribution in [0.1, 0.15) is 361 Å². The summed E-state index contributed by atoms with van der Waals surface area (Å²) in [6.07, 6.45) is 76.2. The number of allylic oxidation sites excluding steroid dienone is 4. The molecule has 2 unspecified atom stereocenters. The number of nitrogens with one attached hydrogen (secondary N) is 1. The minimum absolute atomic E-state index is 0.0244. The van der Waals surface area contributed by atoms with Gasteiger partial charge in [0.25, 0.3) is 0 Å². The fraction of sp³-hybridized carbons (Fsp3) is 0.909. The first-order valence-corrected chi connectivity index (χ1v) is 32.6. The van der Waals surface area contributed by atoms with Crippen molar-refractivity contribution in [3.05, 3.63) is 24.3 Å². The summed E-state index contributed by atoms with van der Waals surface area (Å²) in [6.45, 7) is 4.92. The van der Waals surface area contributed by atoms with Crippen LogP contribution in [0.15, 0.2) is 24.3 Å². The highest BCUT2D eigenvalue weighted by molar-refractivity contribution is 5.76. The average Bonchev–Trinajstić information content (AvgIpc) is 3.38. The number of hydrogen-bond donors (Lipinski definition) is 3. The number of rotatable bonds is 61. The van der Waals surface area contributed by atoms with E-state index >= 15 is 0 Å². The Kier molecular flexibility index (Phi) is 60.5. The van der Waals surface area contributed by atoms with Crippen LogP contribution in [0.2, 0.25) is 0 Å². The fourth-order valence-corrected chi connectivity index (χ4v) is 10.2. The van der Waals surface area contributed by atoms with Crippen molar-refractivity contribution in [1.82, 2.24) is 5.32 Å². The van der Waals surface area contributed by atoms with Crippen LogP contribution in [0.25, 0.3) is 0 Å². The van der Waals surface area contributed by atoms with Gasteiger partial charge >= 0.3 is 5.97 Å². The molecule has 0 fully saturated rings. The van der Waals surface area contributed by atoms with Crippen molar-refractivity contribution in [2.24, 2.45) is 0 Å². The van der Waals surface area contributed by atoms with Crippen LogP contribution in [-0.4, -0.2) is 47.4 Å². The lowest BCUT2D eigenvalue weighted by atomic mass is 10.0. The highest BCUT2D eigenvalue weighted by atomic mass is 16.5. The van der Waals surface area contributed by atoms with Gasteiger partial charge < -0.3 is 20.3 Å². The van der Waals surface area contributed by atoms with Crippen LogP contribution in [0.4, 0.5) is 0 Å². The summed E-state index contributed by atoms with van der Waals surface area (Å²) in [5.74, 6) is -0.0813. The number of carbonyl (C=O) groups is 2. The molecule has 0 aliphatic rings. The molecule has 6 heteroatoms. The van der Waals surface area contributed by atoms with Gasteiger partial charge in [0.15, 0.2) is 0 Å². The second kappa shape index (κ2) is 61.9. The minimum Gasteiger partial charge on any atom is -0.466 e. The van der Waals surface area contributed by atoms with E-state index in [0.717, 1.165) is 77.0 Å². The first-order valence-electron chi connectivity index (χ1n) is 32.6. The maximum atomic E-state index is 12.5. The predicted octanol–water partition coefficient (Wildman–Crippen LogP) is 20.6. The molecule has 0 aliphatic heterocycles. The molecule has 0 aromatic heterocycles. The normalized spacial score (nSPS) is 12.7. The van der Waals surface area contributed by atoms with E-state index in [1.54, 1.807) is 0 Å². The van der Waals surface area contributed by atoms with Crippen LogP contribution in [0, 0.1) is 0 Å². The second-order valence-corrected chi connectivity index (χ2v) is 22.4. The fourth-order valence-electron chi connectivity index (χ4n) is 10.2. The lowest BCUT2D eigenvalue weighted by Crippen LogP contribution is -2.45. The van der Waals surface area contributed by atoms with Crippen molar-refractivity contribution in [3.63, 3.8) is 0 Å². The van der Waals surface area contributed by atoms with Crippen LogP contribution < -0.4 is 5.32 Å². The lowest BCUT2D eigenvalue weighted by Gasteiger charge is -2.22. The second-order valence-electron chi connectivity index (χ2n) is 22.4. The summed E-state index contributed by atoms with van der Waals surface area (Å²) in [6, 6.07) is -0.562. The van der Waals surface area contributed by atoms with Crippen molar-refractivity contribution < 1.29 is 24.5 Å². The van der Waals surface area contributed by atoms with Crippen molar-refractivity contribution in [3.8, 4) is 0 Å². The molecule has 2 atom stereocenters. The third-order valence-corrected chi connectivity index (χ3v) is 15.2. The summed E-state index contributed by atoms with van der Waals surface area (Å²) in [5, 5.41) is 23.4. The Hall–Kier alpha value is -1.66. The van der Waals surface area contributed by atoms with E-state index in [2.05, 4.69) is 43.5 Å². The van der Waals surface area contributed by atoms with Gasteiger partial charge in [-0.15, -0.1) is 0 Å². The molecule has 0 aliphatic carbocycles. The van der Waals surface area contributed by atoms with E-state index in [1.165, 1.54) is 250 Å². The molecule has 0 bridgehead atoms. The van der Waals surface area contributed by atoms with Crippen molar-refractivity contribution in [2.45, 2.75) is 373 Å². The third kappa shape index (κ3) is 57.6. The zero-order valence-corrected chi connectivity index (χ0v) is 48.7. The molecule has 0 aromatic rings. The highest BCUT2D eigenvalue weighted by Crippen LogP contribution is 2.18. The Balaban J connectivity index is 3.47. The van der Waals surface area contributed by atoms with Crippen LogP contribution in [0.3, 0.4) is 0 Å². The number of carbonyl (C=O) groups excluding carboxylic acids is 2. The van der Waals surface area contributed by atoms with Gasteiger partial charge in [0.1, 0.15) is 0 Å². The molecule has 3 N–H and O–H groups in total. The van der Waals surface area contributed by atoms with E-state index < -0.39 is 12.1 Å². The zero-order chi connectivity index (χ0) is 52.2. The van der Waals surface area contributed by atoms with E-state index in [-0.39, 0.29) is 18.5 Å². The minimum atomic E-state index is -0.682. The summed E-state index contributed by atoms with van der Waals surface area (Å²) in [4.78, 5) is 24.6. The molecule has 0 radical (unpaired) electrons. The number of unbranched alkanes of at least 4 members (excludes halogenated alkanes) is 46. The van der Waals surface area contributed by atoms with Crippen LogP contribution >= 0.6 is 0 Å². The van der Waals surface area contributed by atoms with E-state index in [9.17, 15) is 19.8 Å². The Labute approximate surface area is 450 Å². The molecule has 0 spiro atoms. The highest BCUT2D eigenvalue weighted by Gasteiger charge is 2.20. The van der Waals surface area contributed by atoms with Crippen molar-refractivity contribution >= 4 is 11.9 Å². The van der Waals surface area contributed by atoms with Gasteiger partial charge in [-0.05, 0) is 83.5 Å². The first kappa shape index (κ1) is 70.3. The van der Waals surface area contributed by atoms with E-state index in [0.29, 0.717) is 25.9 Å². The van der Waals surface area contributed by atoms with Gasteiger partial charge in [0, 0.05) is 12.8 Å². The molecule has 0 rings (SSSR count). The summed E-state index contributed by atoms with van der Waals surface area (Å²) < 4.78 is 5.47. The summed E-state index contributed by atoms with van der Waals surface area (Å²) in [5.41, 5.74) is 0. The number of aliphatic hydroxyl groups excluding tert-OH is 2. The average molecular weight is 1010 g/mol. The summed E-state index contributed by atoms with van der Waals surface area (Å²) in [7, 11) is 0. The monoisotopic (exact) mass is 1010 g/mol. The molecule has 0 saturated carbocycles. The molecule has 0 heterocycles. The number of amides is 1. The van der Waals surface area contributed by atoms with E-state index in [4.69, 9.17) is 4.74 Å². The Morgan fingerprint density at radius 2 is 0.653 bits per heavy atom. The number of esters is 1. The maximum absolute atomic E-state index is 12.5. The molecule has 1 amide bonds. The van der Waals surface area contributed by atoms with Crippen molar-refractivity contribution in [2.75, 3.05) is 13.2 Å². The first-order chi connectivity index (χ1) is 35.5. The predicted molar refractivity (Wildman–Crippen MR) is 315 cm³/mol. The lowest BCUT2D eigenvalue weighted by molar-refractivity contribution is -0.143. The topological polar surface area (TPSA) is 95.9 Å². The molecular formula is C66H127NO5. The SMILES string of the molecule is CCCCCCCCC/C=C\CCCCCCCCCC(=O)OCCCCC/C=C\CCCCCCCC(=O)NC(CO)C(O)CCCCCCCCCCCCCCCCCCCCCCCCCCC. The van der Waals surface area contributed by atoms with Gasteiger partial charge in [0.2, 0.25) is 5.91 Å². The largest absolute Gasteiger partial charge is 0.466 e. The van der Waals surface area contributed by atoms with Gasteiger partial charge in [-0.3, -0.25) is 9.59 Å². The Bertz CT molecular complexity index is 1120. The van der Waals surface area contributed by atoms with Gasteiger partial charge in [-0.1, -0.05) is 289 Å². The molecular weight excluding hydrogens is 887 g/mol. The molecule has 0 aromatic carbocycles. The zero-order valence-electron chi connectivity index (χ0n) is 48.7. The van der Waals surface area contributed by atoms with Gasteiger partial charge in [-0.2, -0.15) is 0 Å². The smallest absolute Gasteiger partial charge is 0.305 e. The number of ether oxygens (including phenoxy) is 1. The van der Waals surface area contributed by atoms with Gasteiger partial charge in [0.05, 0.1) is 25.4 Å². The number of aliphatic hydroxyl groups is 2. The maximum Gasteiger partial charge on any atom is 0.305 e. The molecule has 6 nitrogen and oxygen atoms in total. The van der Waals surface area contributed by atoms with Crippen molar-refractivity contribution in [1.29, 1.82) is 0 Å². The third-order valence-electron chi connectivity index (χ3n) is 15.2. The Morgan fingerprint density at radius 1 is 0.375 bits per heavy atom.